The molecule has 0 aliphatic rings. The number of hydrogen-bond donors (Lipinski definition) is 1. The Morgan fingerprint density at radius 1 is 1.05 bits per heavy atom. The van der Waals surface area contributed by atoms with Gasteiger partial charge in [0.15, 0.2) is 0 Å². The summed E-state index contributed by atoms with van der Waals surface area (Å²) in [5, 5.41) is 12.9. The summed E-state index contributed by atoms with van der Waals surface area (Å²) < 4.78 is 12.7. The SMILES string of the molecule is Cc1ccc(-c2c(C)noc2C)cc1N(CCCCCOCC(=O)O)c1ccc(-n2ccnc2C)cc1. The summed E-state index contributed by atoms with van der Waals surface area (Å²) in [4.78, 5) is 17.3. The molecule has 0 spiro atoms. The zero-order valence-electron chi connectivity index (χ0n) is 21.9. The molecule has 194 valence electrons. The van der Waals surface area contributed by atoms with Crippen molar-refractivity contribution < 1.29 is 19.2 Å². The first-order valence-electron chi connectivity index (χ1n) is 12.6. The van der Waals surface area contributed by atoms with Crippen LogP contribution in [0.2, 0.25) is 0 Å². The lowest BCUT2D eigenvalue weighted by atomic mass is 10.0. The van der Waals surface area contributed by atoms with Gasteiger partial charge in [-0.25, -0.2) is 9.78 Å². The van der Waals surface area contributed by atoms with Crippen molar-refractivity contribution in [2.24, 2.45) is 0 Å². The third-order valence-corrected chi connectivity index (χ3v) is 6.48. The summed E-state index contributed by atoms with van der Waals surface area (Å²) >= 11 is 0. The molecule has 0 fully saturated rings. The van der Waals surface area contributed by atoms with Crippen molar-refractivity contribution in [3.63, 3.8) is 0 Å². The smallest absolute Gasteiger partial charge is 0.329 e. The van der Waals surface area contributed by atoms with Gasteiger partial charge in [-0.3, -0.25) is 0 Å². The molecule has 4 aromatic rings. The number of aliphatic carboxylic acids is 1. The third-order valence-electron chi connectivity index (χ3n) is 6.48. The number of ether oxygens (including phenoxy) is 1. The molecule has 2 aromatic carbocycles. The van der Waals surface area contributed by atoms with Gasteiger partial charge in [0.2, 0.25) is 0 Å². The number of hydrogen-bond acceptors (Lipinski definition) is 6. The van der Waals surface area contributed by atoms with Gasteiger partial charge >= 0.3 is 5.97 Å². The minimum atomic E-state index is -0.936. The van der Waals surface area contributed by atoms with E-state index < -0.39 is 5.97 Å². The number of nitrogens with zero attached hydrogens (tertiary/aromatic N) is 4. The number of aryl methyl sites for hydroxylation is 4. The fourth-order valence-corrected chi connectivity index (χ4v) is 4.59. The van der Waals surface area contributed by atoms with Gasteiger partial charge in [-0.1, -0.05) is 17.3 Å². The summed E-state index contributed by atoms with van der Waals surface area (Å²) in [6, 6.07) is 15.0. The van der Waals surface area contributed by atoms with E-state index in [0.29, 0.717) is 6.61 Å². The van der Waals surface area contributed by atoms with Crippen LogP contribution in [0.3, 0.4) is 0 Å². The van der Waals surface area contributed by atoms with Gasteiger partial charge in [-0.15, -0.1) is 0 Å². The van der Waals surface area contributed by atoms with Crippen molar-refractivity contribution in [1.29, 1.82) is 0 Å². The summed E-state index contributed by atoms with van der Waals surface area (Å²) in [6.45, 7) is 9.04. The van der Waals surface area contributed by atoms with Crippen LogP contribution in [0.25, 0.3) is 16.8 Å². The van der Waals surface area contributed by atoms with Gasteiger partial charge < -0.3 is 23.8 Å². The molecule has 0 radical (unpaired) electrons. The van der Waals surface area contributed by atoms with Crippen LogP contribution < -0.4 is 4.90 Å². The fraction of sp³-hybridized carbons (Fsp3) is 0.345. The van der Waals surface area contributed by atoms with Crippen molar-refractivity contribution in [2.75, 3.05) is 24.7 Å². The van der Waals surface area contributed by atoms with Gasteiger partial charge in [0, 0.05) is 48.2 Å². The molecule has 0 saturated heterocycles. The second-order valence-corrected chi connectivity index (χ2v) is 9.22. The molecule has 0 amide bonds. The molecule has 2 aromatic heterocycles. The molecule has 0 saturated carbocycles. The summed E-state index contributed by atoms with van der Waals surface area (Å²) in [7, 11) is 0. The zero-order valence-corrected chi connectivity index (χ0v) is 21.9. The number of aromatic nitrogens is 3. The highest BCUT2D eigenvalue weighted by Crippen LogP contribution is 2.35. The molecule has 0 bridgehead atoms. The second-order valence-electron chi connectivity index (χ2n) is 9.22. The van der Waals surface area contributed by atoms with Crippen molar-refractivity contribution >= 4 is 17.3 Å². The van der Waals surface area contributed by atoms with Crippen LogP contribution in [0.15, 0.2) is 59.4 Å². The lowest BCUT2D eigenvalue weighted by Gasteiger charge is -2.28. The molecule has 0 atom stereocenters. The minimum Gasteiger partial charge on any atom is -0.480 e. The van der Waals surface area contributed by atoms with Crippen LogP contribution in [0.4, 0.5) is 11.4 Å². The molecular formula is C29H34N4O4. The number of carboxylic acids is 1. The Bertz CT molecular complexity index is 1320. The average Bonchev–Trinajstić information content (AvgIpc) is 3.46. The predicted molar refractivity (Wildman–Crippen MR) is 144 cm³/mol. The van der Waals surface area contributed by atoms with Crippen molar-refractivity contribution in [3.8, 4) is 16.8 Å². The Kier molecular flexibility index (Phi) is 8.40. The van der Waals surface area contributed by atoms with Gasteiger partial charge in [0.05, 0.1) is 5.69 Å². The molecule has 4 rings (SSSR count). The van der Waals surface area contributed by atoms with Gasteiger partial charge in [0.1, 0.15) is 18.2 Å². The van der Waals surface area contributed by atoms with Crippen LogP contribution in [0, 0.1) is 27.7 Å². The highest BCUT2D eigenvalue weighted by Gasteiger charge is 2.17. The maximum absolute atomic E-state index is 10.6. The van der Waals surface area contributed by atoms with Crippen LogP contribution in [-0.4, -0.2) is 45.5 Å². The molecule has 37 heavy (non-hydrogen) atoms. The number of unbranched alkanes of at least 4 members (excludes halogenated alkanes) is 2. The standard InChI is InChI=1S/C29H34N4O4/c1-20-8-9-24(29-21(2)31-37-22(29)3)18-27(20)33(15-6-5-7-17-36-19-28(34)35)26-12-10-25(11-13-26)32-16-14-30-23(32)4/h8-14,16,18H,5-7,15,17,19H2,1-4H3,(H,34,35). The van der Waals surface area contributed by atoms with E-state index in [-0.39, 0.29) is 6.61 Å². The first-order valence-corrected chi connectivity index (χ1v) is 12.6. The van der Waals surface area contributed by atoms with E-state index in [0.717, 1.165) is 71.3 Å². The number of rotatable bonds is 12. The van der Waals surface area contributed by atoms with Crippen molar-refractivity contribution in [3.05, 3.63) is 77.7 Å². The fourth-order valence-electron chi connectivity index (χ4n) is 4.59. The zero-order chi connectivity index (χ0) is 26.4. The number of imidazole rings is 1. The number of carbonyl (C=O) groups is 1. The monoisotopic (exact) mass is 502 g/mol. The highest BCUT2D eigenvalue weighted by molar-refractivity contribution is 5.76. The molecule has 1 N–H and O–H groups in total. The normalized spacial score (nSPS) is 11.1. The topological polar surface area (TPSA) is 93.6 Å². The van der Waals surface area contributed by atoms with Crippen LogP contribution in [-0.2, 0) is 9.53 Å². The van der Waals surface area contributed by atoms with E-state index >= 15 is 0 Å². The first-order chi connectivity index (χ1) is 17.8. The minimum absolute atomic E-state index is 0.247. The Morgan fingerprint density at radius 3 is 2.49 bits per heavy atom. The number of benzene rings is 2. The summed E-state index contributed by atoms with van der Waals surface area (Å²) in [6.07, 6.45) is 6.46. The number of carboxylic acid groups (broad SMARTS) is 1. The van der Waals surface area contributed by atoms with E-state index in [2.05, 4.69) is 69.0 Å². The maximum atomic E-state index is 10.6. The van der Waals surface area contributed by atoms with E-state index in [1.807, 2.05) is 27.0 Å². The molecule has 8 nitrogen and oxygen atoms in total. The molecule has 0 aliphatic heterocycles. The quantitative estimate of drug-likeness (QED) is 0.232. The van der Waals surface area contributed by atoms with E-state index in [4.69, 9.17) is 14.4 Å². The molecule has 0 aliphatic carbocycles. The lowest BCUT2D eigenvalue weighted by molar-refractivity contribution is -0.142. The van der Waals surface area contributed by atoms with E-state index in [1.165, 1.54) is 5.56 Å². The average molecular weight is 503 g/mol. The van der Waals surface area contributed by atoms with Crippen LogP contribution >= 0.6 is 0 Å². The van der Waals surface area contributed by atoms with Crippen molar-refractivity contribution in [2.45, 2.75) is 47.0 Å². The van der Waals surface area contributed by atoms with Gasteiger partial charge in [-0.2, -0.15) is 0 Å². The predicted octanol–water partition coefficient (Wildman–Crippen LogP) is 6.17. The third kappa shape index (κ3) is 6.27. The highest BCUT2D eigenvalue weighted by atomic mass is 16.5. The Labute approximate surface area is 217 Å². The Morgan fingerprint density at radius 2 is 1.84 bits per heavy atom. The molecular weight excluding hydrogens is 468 g/mol. The lowest BCUT2D eigenvalue weighted by Crippen LogP contribution is -2.20. The number of anilines is 2. The van der Waals surface area contributed by atoms with Crippen molar-refractivity contribution in [1.82, 2.24) is 14.7 Å². The molecule has 2 heterocycles. The van der Waals surface area contributed by atoms with Crippen LogP contribution in [0.1, 0.15) is 42.1 Å². The van der Waals surface area contributed by atoms with E-state index in [1.54, 1.807) is 6.20 Å². The largest absolute Gasteiger partial charge is 0.480 e. The second kappa shape index (κ2) is 11.9. The summed E-state index contributed by atoms with van der Waals surface area (Å²) in [5.41, 5.74) is 7.46. The molecule has 0 unspecified atom stereocenters. The summed E-state index contributed by atoms with van der Waals surface area (Å²) in [5.74, 6) is 0.812. The van der Waals surface area contributed by atoms with Gasteiger partial charge in [0.25, 0.3) is 0 Å². The molecule has 8 heteroatoms. The van der Waals surface area contributed by atoms with Crippen LogP contribution in [0.5, 0.6) is 0 Å². The van der Waals surface area contributed by atoms with E-state index in [9.17, 15) is 4.79 Å². The first kappa shape index (κ1) is 26.2. The van der Waals surface area contributed by atoms with Gasteiger partial charge in [-0.05, 0) is 88.4 Å². The Hall–Kier alpha value is -3.91. The Balaban J connectivity index is 1.60. The maximum Gasteiger partial charge on any atom is 0.329 e.